The van der Waals surface area contributed by atoms with E-state index in [1.165, 1.54) is 32.1 Å². The van der Waals surface area contributed by atoms with Gasteiger partial charge in [0, 0.05) is 29.6 Å². The number of hydrogen-bond donors (Lipinski definition) is 1. The van der Waals surface area contributed by atoms with Crippen LogP contribution in [-0.2, 0) is 9.47 Å². The molecule has 0 bridgehead atoms. The number of aromatic nitrogens is 2. The van der Waals surface area contributed by atoms with Crippen LogP contribution in [0.25, 0.3) is 0 Å². The molecule has 5 heteroatoms. The Labute approximate surface area is 137 Å². The molecule has 23 heavy (non-hydrogen) atoms. The van der Waals surface area contributed by atoms with Crippen molar-refractivity contribution in [2.75, 3.05) is 6.61 Å². The zero-order valence-corrected chi connectivity index (χ0v) is 14.0. The first kappa shape index (κ1) is 15.2. The number of nitrogens with zero attached hydrogens (tertiary/aromatic N) is 1. The smallest absolute Gasteiger partial charge is 0.359 e. The fourth-order valence-corrected chi connectivity index (χ4v) is 4.76. The second kappa shape index (κ2) is 5.62. The van der Waals surface area contributed by atoms with Crippen molar-refractivity contribution in [3.8, 4) is 0 Å². The zero-order chi connectivity index (χ0) is 16.0. The van der Waals surface area contributed by atoms with Crippen molar-refractivity contribution in [1.29, 1.82) is 0 Å². The minimum atomic E-state index is -0.299. The first-order valence-electron chi connectivity index (χ1n) is 8.95. The molecule has 0 radical (unpaired) electrons. The highest BCUT2D eigenvalue weighted by molar-refractivity contribution is 5.87. The lowest BCUT2D eigenvalue weighted by atomic mass is 9.59. The van der Waals surface area contributed by atoms with Gasteiger partial charge in [-0.3, -0.25) is 5.10 Å². The average molecular weight is 318 g/mol. The van der Waals surface area contributed by atoms with Gasteiger partial charge in [0.25, 0.3) is 0 Å². The number of rotatable bonds is 3. The van der Waals surface area contributed by atoms with Crippen LogP contribution in [0.15, 0.2) is 6.07 Å². The lowest BCUT2D eigenvalue weighted by Gasteiger charge is -2.52. The van der Waals surface area contributed by atoms with Crippen molar-refractivity contribution in [2.45, 2.75) is 70.5 Å². The van der Waals surface area contributed by atoms with Gasteiger partial charge in [0.15, 0.2) is 5.69 Å². The second-order valence-corrected chi connectivity index (χ2v) is 7.93. The normalized spacial score (nSPS) is 33.0. The Bertz CT molecular complexity index is 589. The van der Waals surface area contributed by atoms with Crippen LogP contribution in [0.3, 0.4) is 0 Å². The van der Waals surface area contributed by atoms with E-state index in [0.717, 1.165) is 18.7 Å². The predicted octanol–water partition coefficient (Wildman–Crippen LogP) is 3.43. The topological polar surface area (TPSA) is 64.2 Å². The Morgan fingerprint density at radius 3 is 2.87 bits per heavy atom. The van der Waals surface area contributed by atoms with Gasteiger partial charge in [-0.15, -0.1) is 0 Å². The summed E-state index contributed by atoms with van der Waals surface area (Å²) in [5, 5.41) is 7.26. The van der Waals surface area contributed by atoms with E-state index in [0.29, 0.717) is 17.5 Å². The van der Waals surface area contributed by atoms with Gasteiger partial charge in [-0.2, -0.15) is 5.10 Å². The van der Waals surface area contributed by atoms with Crippen LogP contribution in [0.4, 0.5) is 0 Å². The number of ether oxygens (including phenoxy) is 2. The maximum Gasteiger partial charge on any atom is 0.359 e. The molecule has 3 aliphatic rings. The number of carbonyl (C=O) groups excluding carboxylic acids is 1. The van der Waals surface area contributed by atoms with Crippen LogP contribution in [0.5, 0.6) is 0 Å². The molecule has 1 aromatic rings. The molecule has 1 aromatic heterocycles. The van der Waals surface area contributed by atoms with Gasteiger partial charge in [-0.05, 0) is 25.3 Å². The first-order chi connectivity index (χ1) is 11.1. The Kier molecular flexibility index (Phi) is 3.71. The van der Waals surface area contributed by atoms with Crippen LogP contribution in [-0.4, -0.2) is 35.0 Å². The van der Waals surface area contributed by atoms with Crippen molar-refractivity contribution < 1.29 is 14.3 Å². The van der Waals surface area contributed by atoms with E-state index >= 15 is 0 Å². The van der Waals surface area contributed by atoms with Crippen LogP contribution < -0.4 is 0 Å². The Morgan fingerprint density at radius 2 is 2.09 bits per heavy atom. The van der Waals surface area contributed by atoms with Gasteiger partial charge in [-0.25, -0.2) is 4.79 Å². The quantitative estimate of drug-likeness (QED) is 0.867. The molecule has 126 valence electrons. The molecule has 3 atom stereocenters. The molecule has 2 heterocycles. The zero-order valence-electron chi connectivity index (χ0n) is 14.0. The lowest BCUT2D eigenvalue weighted by Crippen LogP contribution is -2.61. The monoisotopic (exact) mass is 318 g/mol. The minimum absolute atomic E-state index is 0.0580. The largest absolute Gasteiger partial charge is 0.457 e. The van der Waals surface area contributed by atoms with Crippen molar-refractivity contribution in [1.82, 2.24) is 10.2 Å². The van der Waals surface area contributed by atoms with E-state index < -0.39 is 0 Å². The molecule has 1 N–H and O–H groups in total. The van der Waals surface area contributed by atoms with Gasteiger partial charge in [0.05, 0.1) is 6.10 Å². The summed E-state index contributed by atoms with van der Waals surface area (Å²) in [6.07, 6.45) is 7.39. The standard InChI is InChI=1S/C18H26N2O3/c1-18(2)15-12(8-9-22-15)16(18)23-17(21)14-10-13(19-20-14)11-6-4-3-5-7-11/h10-12,15-16H,3-9H2,1-2H3,(H,19,20)/t12-,15-,16-/m1/s1. The molecule has 2 aliphatic carbocycles. The third-order valence-electron chi connectivity index (χ3n) is 6.08. The minimum Gasteiger partial charge on any atom is -0.457 e. The molecular formula is C18H26N2O3. The summed E-state index contributed by atoms with van der Waals surface area (Å²) >= 11 is 0. The average Bonchev–Trinajstić information content (AvgIpc) is 3.21. The summed E-state index contributed by atoms with van der Waals surface area (Å²) in [5.74, 6) is 0.572. The molecule has 0 unspecified atom stereocenters. The van der Waals surface area contributed by atoms with Crippen LogP contribution >= 0.6 is 0 Å². The molecule has 0 amide bonds. The highest BCUT2D eigenvalue weighted by Gasteiger charge is 2.61. The molecule has 5 nitrogen and oxygen atoms in total. The molecule has 0 aromatic carbocycles. The lowest BCUT2D eigenvalue weighted by molar-refractivity contribution is -0.183. The summed E-state index contributed by atoms with van der Waals surface area (Å²) < 4.78 is 11.6. The fourth-order valence-electron chi connectivity index (χ4n) is 4.76. The summed E-state index contributed by atoms with van der Waals surface area (Å²) in [7, 11) is 0. The van der Waals surface area contributed by atoms with E-state index in [2.05, 4.69) is 24.0 Å². The first-order valence-corrected chi connectivity index (χ1v) is 8.95. The fraction of sp³-hybridized carbons (Fsp3) is 0.778. The third-order valence-corrected chi connectivity index (χ3v) is 6.08. The van der Waals surface area contributed by atoms with Crippen LogP contribution in [0.2, 0.25) is 0 Å². The van der Waals surface area contributed by atoms with E-state index in [1.807, 2.05) is 6.07 Å². The third kappa shape index (κ3) is 2.49. The highest BCUT2D eigenvalue weighted by atomic mass is 16.6. The number of esters is 1. The molecule has 0 spiro atoms. The van der Waals surface area contributed by atoms with E-state index in [9.17, 15) is 4.79 Å². The number of carbonyl (C=O) groups is 1. The number of hydrogen-bond acceptors (Lipinski definition) is 4. The number of aromatic amines is 1. The van der Waals surface area contributed by atoms with Crippen molar-refractivity contribution in [2.24, 2.45) is 11.3 Å². The SMILES string of the molecule is CC1(C)[C@@H]2OCC[C@H]2[C@H]1OC(=O)c1cc(C2CCCCC2)[nH]n1. The van der Waals surface area contributed by atoms with E-state index in [4.69, 9.17) is 9.47 Å². The molecule has 1 saturated heterocycles. The molecule has 3 fully saturated rings. The van der Waals surface area contributed by atoms with Gasteiger partial charge >= 0.3 is 5.97 Å². The highest BCUT2D eigenvalue weighted by Crippen LogP contribution is 2.53. The van der Waals surface area contributed by atoms with E-state index in [1.54, 1.807) is 0 Å². The number of fused-ring (bicyclic) bond motifs is 1. The van der Waals surface area contributed by atoms with Crippen molar-refractivity contribution in [3.05, 3.63) is 17.5 Å². The van der Waals surface area contributed by atoms with Gasteiger partial charge < -0.3 is 9.47 Å². The maximum atomic E-state index is 12.5. The summed E-state index contributed by atoms with van der Waals surface area (Å²) in [6, 6.07) is 1.90. The number of H-pyrrole nitrogens is 1. The summed E-state index contributed by atoms with van der Waals surface area (Å²) in [5.41, 5.74) is 1.41. The predicted molar refractivity (Wildman–Crippen MR) is 85.2 cm³/mol. The Balaban J connectivity index is 1.42. The van der Waals surface area contributed by atoms with Crippen molar-refractivity contribution in [3.63, 3.8) is 0 Å². The van der Waals surface area contributed by atoms with Gasteiger partial charge in [-0.1, -0.05) is 33.1 Å². The summed E-state index contributed by atoms with van der Waals surface area (Å²) in [6.45, 7) is 5.02. The Hall–Kier alpha value is -1.36. The maximum absolute atomic E-state index is 12.5. The van der Waals surface area contributed by atoms with Crippen LogP contribution in [0, 0.1) is 11.3 Å². The molecular weight excluding hydrogens is 292 g/mol. The second-order valence-electron chi connectivity index (χ2n) is 7.93. The van der Waals surface area contributed by atoms with Crippen LogP contribution in [0.1, 0.15) is 74.5 Å². The Morgan fingerprint density at radius 1 is 1.30 bits per heavy atom. The summed E-state index contributed by atoms with van der Waals surface area (Å²) in [4.78, 5) is 12.5. The molecule has 1 aliphatic heterocycles. The van der Waals surface area contributed by atoms with Crippen molar-refractivity contribution >= 4 is 5.97 Å². The number of nitrogens with one attached hydrogen (secondary N) is 1. The molecule has 2 saturated carbocycles. The molecule has 4 rings (SSSR count). The van der Waals surface area contributed by atoms with Gasteiger partial charge in [0.2, 0.25) is 0 Å². The van der Waals surface area contributed by atoms with Gasteiger partial charge in [0.1, 0.15) is 6.10 Å². The van der Waals surface area contributed by atoms with E-state index in [-0.39, 0.29) is 23.6 Å².